The molecule has 110 valence electrons. The topological polar surface area (TPSA) is 34.2 Å². The van der Waals surface area contributed by atoms with Crippen molar-refractivity contribution in [3.05, 3.63) is 60.2 Å². The van der Waals surface area contributed by atoms with Crippen molar-refractivity contribution >= 4 is 6.08 Å². The fourth-order valence-corrected chi connectivity index (χ4v) is 1.75. The molecule has 2 rings (SSSR count). The first-order chi connectivity index (χ1) is 10.2. The highest BCUT2D eigenvalue weighted by Gasteiger charge is 1.99. The molecule has 1 heterocycles. The van der Waals surface area contributed by atoms with Crippen molar-refractivity contribution in [1.82, 2.24) is 10.3 Å². The van der Waals surface area contributed by atoms with Gasteiger partial charge in [0.05, 0.1) is 6.20 Å². The Morgan fingerprint density at radius 3 is 2.71 bits per heavy atom. The van der Waals surface area contributed by atoms with Crippen LogP contribution >= 0.6 is 0 Å². The van der Waals surface area contributed by atoms with Crippen molar-refractivity contribution in [3.8, 4) is 11.5 Å². The minimum Gasteiger partial charge on any atom is -0.456 e. The molecule has 3 nitrogen and oxygen atoms in total. The number of nitrogens with zero attached hydrogens (tertiary/aromatic N) is 1. The van der Waals surface area contributed by atoms with Crippen molar-refractivity contribution in [1.29, 1.82) is 0 Å². The molecule has 0 aliphatic carbocycles. The van der Waals surface area contributed by atoms with E-state index in [0.717, 1.165) is 12.0 Å². The lowest BCUT2D eigenvalue weighted by molar-refractivity contribution is 0.478. The molecule has 0 amide bonds. The zero-order valence-electron chi connectivity index (χ0n) is 12.2. The van der Waals surface area contributed by atoms with E-state index in [2.05, 4.69) is 23.3 Å². The third-order valence-electron chi connectivity index (χ3n) is 3.08. The number of ether oxygens (including phenoxy) is 1. The van der Waals surface area contributed by atoms with Gasteiger partial charge >= 0.3 is 0 Å². The zero-order valence-corrected chi connectivity index (χ0v) is 12.2. The van der Waals surface area contributed by atoms with Gasteiger partial charge in [-0.2, -0.15) is 0 Å². The first kappa shape index (κ1) is 15.2. The van der Waals surface area contributed by atoms with Gasteiger partial charge in [-0.1, -0.05) is 12.2 Å². The molecule has 1 aromatic heterocycles. The van der Waals surface area contributed by atoms with Crippen molar-refractivity contribution < 1.29 is 9.13 Å². The molecule has 2 aromatic rings. The minimum atomic E-state index is -0.282. The average Bonchev–Trinajstić information content (AvgIpc) is 2.50. The maximum Gasteiger partial charge on any atom is 0.146 e. The molecule has 1 atom stereocenters. The number of benzene rings is 1. The lowest BCUT2D eigenvalue weighted by Gasteiger charge is -2.06. The number of hydrogen-bond donors (Lipinski definition) is 1. The van der Waals surface area contributed by atoms with Crippen LogP contribution in [0.3, 0.4) is 0 Å². The lowest BCUT2D eigenvalue weighted by atomic mass is 10.2. The maximum absolute atomic E-state index is 12.8. The molecule has 0 aliphatic rings. The number of hydrogen-bond acceptors (Lipinski definition) is 3. The van der Waals surface area contributed by atoms with Crippen LogP contribution in [0.15, 0.2) is 48.8 Å². The van der Waals surface area contributed by atoms with Crippen LogP contribution in [0.1, 0.15) is 18.9 Å². The van der Waals surface area contributed by atoms with Crippen molar-refractivity contribution in [2.45, 2.75) is 19.4 Å². The second-order valence-corrected chi connectivity index (χ2v) is 4.84. The van der Waals surface area contributed by atoms with E-state index in [1.165, 1.54) is 12.1 Å². The zero-order chi connectivity index (χ0) is 15.1. The summed E-state index contributed by atoms with van der Waals surface area (Å²) in [5, 5.41) is 3.18. The third kappa shape index (κ3) is 5.00. The maximum atomic E-state index is 12.8. The monoisotopic (exact) mass is 286 g/mol. The van der Waals surface area contributed by atoms with E-state index >= 15 is 0 Å². The standard InChI is InChI=1S/C17H19FN2O/c1-13(19-2)4-3-5-14-10-17(12-20-11-14)21-16-8-6-15(18)7-9-16/h3,5-13,19H,4H2,1-2H3/b5-3+/t13-/m0/s1. The van der Waals surface area contributed by atoms with E-state index in [4.69, 9.17) is 4.74 Å². The first-order valence-electron chi connectivity index (χ1n) is 6.89. The SMILES string of the molecule is CN[C@@H](C)C/C=C/c1cncc(Oc2ccc(F)cc2)c1. The normalized spacial score (nSPS) is 12.5. The largest absolute Gasteiger partial charge is 0.456 e. The van der Waals surface area contributed by atoms with E-state index < -0.39 is 0 Å². The number of aromatic nitrogens is 1. The number of pyridine rings is 1. The van der Waals surface area contributed by atoms with Crippen LogP contribution in [0.5, 0.6) is 11.5 Å². The summed E-state index contributed by atoms with van der Waals surface area (Å²) in [6.45, 7) is 2.12. The van der Waals surface area contributed by atoms with Crippen LogP contribution in [0.25, 0.3) is 6.08 Å². The Labute approximate surface area is 124 Å². The Morgan fingerprint density at radius 2 is 2.00 bits per heavy atom. The van der Waals surface area contributed by atoms with Gasteiger partial charge in [0, 0.05) is 12.2 Å². The highest BCUT2D eigenvalue weighted by atomic mass is 19.1. The summed E-state index contributed by atoms with van der Waals surface area (Å²) in [7, 11) is 1.94. The molecule has 0 bridgehead atoms. The van der Waals surface area contributed by atoms with E-state index in [1.807, 2.05) is 19.2 Å². The molecule has 0 aliphatic heterocycles. The molecular formula is C17H19FN2O. The van der Waals surface area contributed by atoms with E-state index in [-0.39, 0.29) is 5.82 Å². The Bertz CT molecular complexity index is 596. The van der Waals surface area contributed by atoms with Crippen molar-refractivity contribution in [2.24, 2.45) is 0 Å². The van der Waals surface area contributed by atoms with Gasteiger partial charge in [-0.05, 0) is 56.3 Å². The summed E-state index contributed by atoms with van der Waals surface area (Å²) in [4.78, 5) is 4.15. The van der Waals surface area contributed by atoms with Gasteiger partial charge in [0.1, 0.15) is 17.3 Å². The molecule has 0 radical (unpaired) electrons. The third-order valence-corrected chi connectivity index (χ3v) is 3.08. The van der Waals surface area contributed by atoms with E-state index in [9.17, 15) is 4.39 Å². The highest BCUT2D eigenvalue weighted by molar-refractivity contribution is 5.50. The average molecular weight is 286 g/mol. The van der Waals surface area contributed by atoms with Gasteiger partial charge in [-0.25, -0.2) is 4.39 Å². The summed E-state index contributed by atoms with van der Waals surface area (Å²) in [6, 6.07) is 8.25. The van der Waals surface area contributed by atoms with Gasteiger partial charge in [0.15, 0.2) is 0 Å². The Morgan fingerprint density at radius 1 is 1.24 bits per heavy atom. The summed E-state index contributed by atoms with van der Waals surface area (Å²) < 4.78 is 18.5. The van der Waals surface area contributed by atoms with E-state index in [0.29, 0.717) is 17.5 Å². The molecule has 0 unspecified atom stereocenters. The van der Waals surface area contributed by atoms with E-state index in [1.54, 1.807) is 24.5 Å². The smallest absolute Gasteiger partial charge is 0.146 e. The molecule has 0 fully saturated rings. The second kappa shape index (κ2) is 7.55. The van der Waals surface area contributed by atoms with Crippen LogP contribution in [0.2, 0.25) is 0 Å². The molecule has 0 spiro atoms. The Kier molecular flexibility index (Phi) is 5.46. The Balaban J connectivity index is 2.02. The number of rotatable bonds is 6. The summed E-state index contributed by atoms with van der Waals surface area (Å²) in [5.41, 5.74) is 0.970. The first-order valence-corrected chi connectivity index (χ1v) is 6.89. The summed E-state index contributed by atoms with van der Waals surface area (Å²) in [6.07, 6.45) is 8.47. The summed E-state index contributed by atoms with van der Waals surface area (Å²) >= 11 is 0. The van der Waals surface area contributed by atoms with Crippen LogP contribution in [-0.2, 0) is 0 Å². The van der Waals surface area contributed by atoms with Gasteiger partial charge in [0.25, 0.3) is 0 Å². The van der Waals surface area contributed by atoms with Crippen LogP contribution < -0.4 is 10.1 Å². The molecular weight excluding hydrogens is 267 g/mol. The molecule has 1 N–H and O–H groups in total. The molecule has 0 saturated carbocycles. The molecule has 1 aromatic carbocycles. The predicted molar refractivity (Wildman–Crippen MR) is 82.9 cm³/mol. The number of halogens is 1. The van der Waals surface area contributed by atoms with Crippen LogP contribution in [0, 0.1) is 5.82 Å². The fourth-order valence-electron chi connectivity index (χ4n) is 1.75. The van der Waals surface area contributed by atoms with Gasteiger partial charge in [-0.3, -0.25) is 4.98 Å². The minimum absolute atomic E-state index is 0.282. The predicted octanol–water partition coefficient (Wildman–Crippen LogP) is 4.02. The van der Waals surface area contributed by atoms with Gasteiger partial charge in [0.2, 0.25) is 0 Å². The summed E-state index contributed by atoms with van der Waals surface area (Å²) in [5.74, 6) is 0.935. The van der Waals surface area contributed by atoms with Gasteiger partial charge < -0.3 is 10.1 Å². The molecule has 4 heteroatoms. The van der Waals surface area contributed by atoms with Gasteiger partial charge in [-0.15, -0.1) is 0 Å². The van der Waals surface area contributed by atoms with Crippen molar-refractivity contribution in [2.75, 3.05) is 7.05 Å². The number of nitrogens with one attached hydrogen (secondary N) is 1. The van der Waals surface area contributed by atoms with Crippen molar-refractivity contribution in [3.63, 3.8) is 0 Å². The second-order valence-electron chi connectivity index (χ2n) is 4.84. The highest BCUT2D eigenvalue weighted by Crippen LogP contribution is 2.21. The van der Waals surface area contributed by atoms with Crippen LogP contribution in [0.4, 0.5) is 4.39 Å². The quantitative estimate of drug-likeness (QED) is 0.870. The Hall–Kier alpha value is -2.20. The lowest BCUT2D eigenvalue weighted by Crippen LogP contribution is -2.19. The molecule has 0 saturated heterocycles. The van der Waals surface area contributed by atoms with Crippen LogP contribution in [-0.4, -0.2) is 18.1 Å². The fraction of sp³-hybridized carbons (Fsp3) is 0.235. The molecule has 21 heavy (non-hydrogen) atoms.